The average molecular weight is 718 g/mol. The molecule has 0 aliphatic carbocycles. The number of aromatic nitrogens is 3. The van der Waals surface area contributed by atoms with E-state index < -0.39 is 0 Å². The number of furan rings is 2. The van der Waals surface area contributed by atoms with Gasteiger partial charge in [0.25, 0.3) is 0 Å². The van der Waals surface area contributed by atoms with Crippen LogP contribution in [0.15, 0.2) is 197 Å². The van der Waals surface area contributed by atoms with Gasteiger partial charge in [-0.2, -0.15) is 0 Å². The Labute approximate surface area is 322 Å². The second-order valence-corrected chi connectivity index (χ2v) is 14.0. The maximum Gasteiger partial charge on any atom is 0.160 e. The molecule has 5 nitrogen and oxygen atoms in total. The van der Waals surface area contributed by atoms with Gasteiger partial charge in [0.2, 0.25) is 0 Å². The molecule has 0 atom stereocenters. The summed E-state index contributed by atoms with van der Waals surface area (Å²) in [6.45, 7) is 0. The highest BCUT2D eigenvalue weighted by atomic mass is 16.3. The van der Waals surface area contributed by atoms with Crippen LogP contribution in [0.1, 0.15) is 0 Å². The van der Waals surface area contributed by atoms with E-state index in [2.05, 4.69) is 126 Å². The van der Waals surface area contributed by atoms with Gasteiger partial charge in [-0.25, -0.2) is 9.97 Å². The number of hydrogen-bond acceptors (Lipinski definition) is 5. The average Bonchev–Trinajstić information content (AvgIpc) is 3.85. The molecule has 11 rings (SSSR count). The predicted octanol–water partition coefficient (Wildman–Crippen LogP) is 13.7. The highest BCUT2D eigenvalue weighted by Crippen LogP contribution is 2.43. The minimum absolute atomic E-state index is 0.661. The van der Waals surface area contributed by atoms with E-state index in [-0.39, 0.29) is 0 Å². The van der Waals surface area contributed by atoms with Crippen LogP contribution in [-0.2, 0) is 0 Å². The van der Waals surface area contributed by atoms with Gasteiger partial charge in [-0.1, -0.05) is 127 Å². The van der Waals surface area contributed by atoms with Crippen molar-refractivity contribution in [3.63, 3.8) is 0 Å². The third kappa shape index (κ3) is 5.37. The van der Waals surface area contributed by atoms with Gasteiger partial charge in [0, 0.05) is 56.2 Å². The van der Waals surface area contributed by atoms with Crippen LogP contribution >= 0.6 is 0 Å². The standard InChI is InChI=1S/C51H31N3O2/c1-2-10-34(11-3-1)44-31-45(40-13-5-4-12-37(40)33-26-28-52-29-27-33)54-51(53-44)35-20-18-32(19-21-35)38-23-24-39(50-49(38)42-15-7-9-17-47(42)56-50)36-22-25-48-43(30-36)41-14-6-8-16-46(41)55-48/h1-31H. The largest absolute Gasteiger partial charge is 0.456 e. The molecule has 0 spiro atoms. The van der Waals surface area contributed by atoms with Crippen LogP contribution in [0, 0.1) is 0 Å². The van der Waals surface area contributed by atoms with Gasteiger partial charge in [-0.3, -0.25) is 4.98 Å². The summed E-state index contributed by atoms with van der Waals surface area (Å²) in [4.78, 5) is 14.6. The van der Waals surface area contributed by atoms with Crippen molar-refractivity contribution in [1.29, 1.82) is 0 Å². The van der Waals surface area contributed by atoms with Crippen LogP contribution in [0.4, 0.5) is 0 Å². The van der Waals surface area contributed by atoms with E-state index in [4.69, 9.17) is 18.8 Å². The molecule has 0 aliphatic heterocycles. The van der Waals surface area contributed by atoms with E-state index in [1.54, 1.807) is 0 Å². The molecule has 0 saturated carbocycles. The molecule has 5 heteroatoms. The number of benzene rings is 7. The lowest BCUT2D eigenvalue weighted by molar-refractivity contribution is 0.668. The third-order valence-corrected chi connectivity index (χ3v) is 10.7. The lowest BCUT2D eigenvalue weighted by Gasteiger charge is -2.13. The predicted molar refractivity (Wildman–Crippen MR) is 227 cm³/mol. The fourth-order valence-corrected chi connectivity index (χ4v) is 7.95. The first-order valence-corrected chi connectivity index (χ1v) is 18.7. The Balaban J connectivity index is 1.04. The summed E-state index contributed by atoms with van der Waals surface area (Å²) in [7, 11) is 0. The molecule has 0 radical (unpaired) electrons. The van der Waals surface area contributed by atoms with Gasteiger partial charge in [0.15, 0.2) is 5.82 Å². The number of hydrogen-bond donors (Lipinski definition) is 0. The Hall–Kier alpha value is -7.63. The van der Waals surface area contributed by atoms with Crippen molar-refractivity contribution in [1.82, 2.24) is 15.0 Å². The minimum Gasteiger partial charge on any atom is -0.456 e. The second kappa shape index (κ2) is 13.0. The minimum atomic E-state index is 0.661. The van der Waals surface area contributed by atoms with E-state index >= 15 is 0 Å². The topological polar surface area (TPSA) is 65.0 Å². The van der Waals surface area contributed by atoms with E-state index in [9.17, 15) is 0 Å². The maximum atomic E-state index is 6.68. The van der Waals surface area contributed by atoms with E-state index in [0.717, 1.165) is 105 Å². The molecule has 11 aromatic rings. The molecule has 0 fully saturated rings. The summed E-state index contributed by atoms with van der Waals surface area (Å²) in [5.41, 5.74) is 14.6. The Bertz CT molecular complexity index is 3240. The SMILES string of the molecule is c1ccc(-c2cc(-c3ccccc3-c3ccncc3)nc(-c3ccc(-c4ccc(-c5ccc6oc7ccccc7c6c5)c5oc6ccccc6c45)cc3)n2)cc1. The lowest BCUT2D eigenvalue weighted by atomic mass is 9.93. The summed E-state index contributed by atoms with van der Waals surface area (Å²) >= 11 is 0. The maximum absolute atomic E-state index is 6.68. The number of fused-ring (bicyclic) bond motifs is 6. The molecular weight excluding hydrogens is 687 g/mol. The van der Waals surface area contributed by atoms with E-state index in [1.165, 1.54) is 0 Å². The fourth-order valence-electron chi connectivity index (χ4n) is 7.95. The summed E-state index contributed by atoms with van der Waals surface area (Å²) in [6, 6.07) is 60.6. The first-order valence-electron chi connectivity index (χ1n) is 18.7. The van der Waals surface area contributed by atoms with Crippen LogP contribution in [-0.4, -0.2) is 15.0 Å². The fraction of sp³-hybridized carbons (Fsp3) is 0. The summed E-state index contributed by atoms with van der Waals surface area (Å²) in [5.74, 6) is 0.661. The first-order chi connectivity index (χ1) is 27.7. The van der Waals surface area contributed by atoms with Crippen molar-refractivity contribution in [3.8, 4) is 67.3 Å². The van der Waals surface area contributed by atoms with Gasteiger partial charge < -0.3 is 8.83 Å². The molecule has 0 aliphatic rings. The molecule has 262 valence electrons. The zero-order valence-corrected chi connectivity index (χ0v) is 30.1. The third-order valence-electron chi connectivity index (χ3n) is 10.7. The molecule has 4 heterocycles. The molecule has 0 N–H and O–H groups in total. The van der Waals surface area contributed by atoms with Crippen molar-refractivity contribution < 1.29 is 8.83 Å². The van der Waals surface area contributed by atoms with Gasteiger partial charge in [-0.05, 0) is 76.3 Å². The van der Waals surface area contributed by atoms with E-state index in [1.807, 2.05) is 67.0 Å². The normalized spacial score (nSPS) is 11.6. The van der Waals surface area contributed by atoms with Crippen LogP contribution in [0.3, 0.4) is 0 Å². The summed E-state index contributed by atoms with van der Waals surface area (Å²) in [5, 5.41) is 4.35. The smallest absolute Gasteiger partial charge is 0.160 e. The van der Waals surface area contributed by atoms with Crippen LogP contribution < -0.4 is 0 Å². The van der Waals surface area contributed by atoms with Gasteiger partial charge >= 0.3 is 0 Å². The highest BCUT2D eigenvalue weighted by Gasteiger charge is 2.19. The molecule has 0 amide bonds. The van der Waals surface area contributed by atoms with Crippen LogP contribution in [0.25, 0.3) is 111 Å². The van der Waals surface area contributed by atoms with Gasteiger partial charge in [0.05, 0.1) is 11.4 Å². The Morgan fingerprint density at radius 2 is 0.946 bits per heavy atom. The lowest BCUT2D eigenvalue weighted by Crippen LogP contribution is -1.97. The van der Waals surface area contributed by atoms with Gasteiger partial charge in [0.1, 0.15) is 22.3 Å². The molecular formula is C51H31N3O2. The molecule has 56 heavy (non-hydrogen) atoms. The van der Waals surface area contributed by atoms with Gasteiger partial charge in [-0.15, -0.1) is 0 Å². The Morgan fingerprint density at radius 3 is 1.77 bits per heavy atom. The number of rotatable bonds is 6. The van der Waals surface area contributed by atoms with Crippen molar-refractivity contribution in [2.45, 2.75) is 0 Å². The second-order valence-electron chi connectivity index (χ2n) is 14.0. The number of nitrogens with zero attached hydrogens (tertiary/aromatic N) is 3. The zero-order chi connectivity index (χ0) is 37.0. The van der Waals surface area contributed by atoms with Crippen LogP contribution in [0.2, 0.25) is 0 Å². The van der Waals surface area contributed by atoms with Crippen molar-refractivity contribution in [2.24, 2.45) is 0 Å². The molecule has 0 saturated heterocycles. The molecule has 0 unspecified atom stereocenters. The first kappa shape index (κ1) is 31.9. The monoisotopic (exact) mass is 717 g/mol. The Kier molecular flexibility index (Phi) is 7.42. The van der Waals surface area contributed by atoms with E-state index in [0.29, 0.717) is 5.82 Å². The van der Waals surface area contributed by atoms with Crippen LogP contribution in [0.5, 0.6) is 0 Å². The number of pyridine rings is 1. The molecule has 4 aromatic heterocycles. The zero-order valence-electron chi connectivity index (χ0n) is 30.1. The Morgan fingerprint density at radius 1 is 0.339 bits per heavy atom. The number of para-hydroxylation sites is 2. The molecule has 0 bridgehead atoms. The quantitative estimate of drug-likeness (QED) is 0.171. The van der Waals surface area contributed by atoms with Crippen molar-refractivity contribution in [3.05, 3.63) is 188 Å². The molecule has 7 aromatic carbocycles. The summed E-state index contributed by atoms with van der Waals surface area (Å²) in [6.07, 6.45) is 3.65. The summed E-state index contributed by atoms with van der Waals surface area (Å²) < 4.78 is 12.8. The van der Waals surface area contributed by atoms with Crippen molar-refractivity contribution >= 4 is 43.9 Å². The highest BCUT2D eigenvalue weighted by molar-refractivity contribution is 6.17. The van der Waals surface area contributed by atoms with Crippen molar-refractivity contribution in [2.75, 3.05) is 0 Å².